The van der Waals surface area contributed by atoms with Gasteiger partial charge in [0.25, 0.3) is 0 Å². The molecule has 0 saturated heterocycles. The van der Waals surface area contributed by atoms with Gasteiger partial charge in [0.05, 0.1) is 5.56 Å². The Labute approximate surface area is 68.8 Å². The van der Waals surface area contributed by atoms with Gasteiger partial charge in [0.1, 0.15) is 5.69 Å². The van der Waals surface area contributed by atoms with Gasteiger partial charge >= 0.3 is 5.97 Å². The highest BCUT2D eigenvalue weighted by atomic mass is 16.4. The Morgan fingerprint density at radius 1 is 1.42 bits per heavy atom. The van der Waals surface area contributed by atoms with Crippen molar-refractivity contribution < 1.29 is 9.90 Å². The van der Waals surface area contributed by atoms with E-state index in [0.29, 0.717) is 5.56 Å². The molecule has 12 heavy (non-hydrogen) atoms. The van der Waals surface area contributed by atoms with E-state index in [1.165, 1.54) is 18.2 Å². The van der Waals surface area contributed by atoms with Crippen molar-refractivity contribution in [2.75, 3.05) is 0 Å². The first-order chi connectivity index (χ1) is 5.63. The normalized spacial score (nSPS) is 9.42. The molecule has 0 fully saturated rings. The van der Waals surface area contributed by atoms with Crippen molar-refractivity contribution in [3.05, 3.63) is 34.2 Å². The number of nitroso groups, excluding NO2 is 1. The Hall–Kier alpha value is -1.71. The van der Waals surface area contributed by atoms with Gasteiger partial charge in [0, 0.05) is 0 Å². The Morgan fingerprint density at radius 3 is 2.58 bits per heavy atom. The Balaban J connectivity index is 3.23. The molecule has 0 saturated carbocycles. The number of nitrogens with zero attached hydrogens (tertiary/aromatic N) is 1. The molecule has 0 aromatic heterocycles. The van der Waals surface area contributed by atoms with Gasteiger partial charge in [0.2, 0.25) is 0 Å². The maximum absolute atomic E-state index is 10.5. The predicted octanol–water partition coefficient (Wildman–Crippen LogP) is 2.09. The number of carbonyl (C=O) groups is 1. The van der Waals surface area contributed by atoms with Crippen LogP contribution in [0, 0.1) is 11.8 Å². The van der Waals surface area contributed by atoms with Crippen LogP contribution in [0.2, 0.25) is 0 Å². The van der Waals surface area contributed by atoms with Crippen LogP contribution in [0.15, 0.2) is 23.4 Å². The predicted molar refractivity (Wildman–Crippen MR) is 43.6 cm³/mol. The average Bonchev–Trinajstić information content (AvgIpc) is 2.03. The molecule has 0 unspecified atom stereocenters. The summed E-state index contributed by atoms with van der Waals surface area (Å²) in [6.07, 6.45) is 0. The first kappa shape index (κ1) is 8.39. The minimum Gasteiger partial charge on any atom is -0.478 e. The van der Waals surface area contributed by atoms with Crippen LogP contribution in [0.1, 0.15) is 15.9 Å². The van der Waals surface area contributed by atoms with E-state index in [0.717, 1.165) is 0 Å². The summed E-state index contributed by atoms with van der Waals surface area (Å²) >= 11 is 0. The molecule has 4 heteroatoms. The van der Waals surface area contributed by atoms with Gasteiger partial charge in [0.15, 0.2) is 0 Å². The number of benzene rings is 1. The first-order valence-corrected chi connectivity index (χ1v) is 3.32. The molecule has 0 heterocycles. The molecule has 0 aliphatic heterocycles. The lowest BCUT2D eigenvalue weighted by atomic mass is 10.1. The third-order valence-corrected chi connectivity index (χ3v) is 1.41. The van der Waals surface area contributed by atoms with Crippen molar-refractivity contribution in [1.82, 2.24) is 0 Å². The van der Waals surface area contributed by atoms with E-state index >= 15 is 0 Å². The van der Waals surface area contributed by atoms with Crippen molar-refractivity contribution in [3.8, 4) is 0 Å². The number of rotatable bonds is 2. The second-order valence-corrected chi connectivity index (χ2v) is 2.45. The molecule has 0 atom stereocenters. The minimum absolute atomic E-state index is 0.0876. The van der Waals surface area contributed by atoms with Gasteiger partial charge in [-0.2, -0.15) is 0 Å². The number of hydrogen-bond donors (Lipinski definition) is 1. The lowest BCUT2D eigenvalue weighted by Crippen LogP contribution is -1.95. The quantitative estimate of drug-likeness (QED) is 0.682. The summed E-state index contributed by atoms with van der Waals surface area (Å²) in [5.41, 5.74) is 0.946. The van der Waals surface area contributed by atoms with E-state index in [2.05, 4.69) is 5.18 Å². The molecule has 1 aromatic rings. The monoisotopic (exact) mass is 165 g/mol. The molecule has 62 valence electrons. The second-order valence-electron chi connectivity index (χ2n) is 2.45. The highest BCUT2D eigenvalue weighted by Gasteiger charge is 2.04. The molecule has 1 N–H and O–H groups in total. The summed E-state index contributed by atoms with van der Waals surface area (Å²) < 4.78 is 0. The van der Waals surface area contributed by atoms with Crippen LogP contribution in [0.3, 0.4) is 0 Å². The summed E-state index contributed by atoms with van der Waals surface area (Å²) in [5, 5.41) is 11.2. The molecule has 1 aromatic carbocycles. The molecule has 0 radical (unpaired) electrons. The molecule has 1 rings (SSSR count). The van der Waals surface area contributed by atoms with Gasteiger partial charge in [-0.25, -0.2) is 4.79 Å². The summed E-state index contributed by atoms with van der Waals surface area (Å²) in [4.78, 5) is 20.6. The number of carboxylic acids is 1. The molecular formula is C8H7NO3. The molecule has 0 aliphatic rings. The molecule has 0 spiro atoms. The fraction of sp³-hybridized carbons (Fsp3) is 0.125. The van der Waals surface area contributed by atoms with E-state index in [4.69, 9.17) is 5.11 Å². The SMILES string of the molecule is Cc1cc(N=O)cc(C(=O)O)c1. The third kappa shape index (κ3) is 1.66. The van der Waals surface area contributed by atoms with Crippen molar-refractivity contribution >= 4 is 11.7 Å². The third-order valence-electron chi connectivity index (χ3n) is 1.41. The number of carboxylic acid groups (broad SMARTS) is 1. The fourth-order valence-corrected chi connectivity index (χ4v) is 0.939. The zero-order valence-electron chi connectivity index (χ0n) is 6.44. The van der Waals surface area contributed by atoms with Crippen LogP contribution in [-0.4, -0.2) is 11.1 Å². The van der Waals surface area contributed by atoms with Gasteiger partial charge in [-0.3, -0.25) is 0 Å². The van der Waals surface area contributed by atoms with Gasteiger partial charge in [-0.15, -0.1) is 4.91 Å². The highest BCUT2D eigenvalue weighted by Crippen LogP contribution is 2.16. The average molecular weight is 165 g/mol. The largest absolute Gasteiger partial charge is 0.478 e. The Bertz CT molecular complexity index is 333. The van der Waals surface area contributed by atoms with E-state index in [9.17, 15) is 9.70 Å². The van der Waals surface area contributed by atoms with Crippen LogP contribution in [0.25, 0.3) is 0 Å². The number of aromatic carboxylic acids is 1. The lowest BCUT2D eigenvalue weighted by molar-refractivity contribution is 0.0697. The van der Waals surface area contributed by atoms with Gasteiger partial charge in [-0.1, -0.05) is 0 Å². The van der Waals surface area contributed by atoms with Crippen LogP contribution >= 0.6 is 0 Å². The van der Waals surface area contributed by atoms with E-state index < -0.39 is 5.97 Å². The fourth-order valence-electron chi connectivity index (χ4n) is 0.939. The van der Waals surface area contributed by atoms with Crippen LogP contribution < -0.4 is 0 Å². The second kappa shape index (κ2) is 3.13. The topological polar surface area (TPSA) is 66.7 Å². The molecule has 0 bridgehead atoms. The van der Waals surface area contributed by atoms with Gasteiger partial charge in [-0.05, 0) is 35.9 Å². The standard InChI is InChI=1S/C8H7NO3/c1-5-2-6(8(10)11)4-7(3-5)9-12/h2-4H,1H3,(H,10,11). The summed E-state index contributed by atoms with van der Waals surface area (Å²) in [6, 6.07) is 4.25. The van der Waals surface area contributed by atoms with E-state index in [1.54, 1.807) is 6.92 Å². The van der Waals surface area contributed by atoms with Gasteiger partial charge < -0.3 is 5.11 Å². The summed E-state index contributed by atoms with van der Waals surface area (Å²) in [5.74, 6) is -1.05. The summed E-state index contributed by atoms with van der Waals surface area (Å²) in [7, 11) is 0. The zero-order valence-corrected chi connectivity index (χ0v) is 6.44. The molecule has 0 amide bonds. The van der Waals surface area contributed by atoms with Crippen molar-refractivity contribution in [2.24, 2.45) is 5.18 Å². The van der Waals surface area contributed by atoms with Crippen molar-refractivity contribution in [3.63, 3.8) is 0 Å². The lowest BCUT2D eigenvalue weighted by Gasteiger charge is -1.96. The number of aryl methyl sites for hydroxylation is 1. The van der Waals surface area contributed by atoms with Crippen molar-refractivity contribution in [2.45, 2.75) is 6.92 Å². The highest BCUT2D eigenvalue weighted by molar-refractivity contribution is 5.88. The van der Waals surface area contributed by atoms with Crippen LogP contribution in [-0.2, 0) is 0 Å². The Kier molecular flexibility index (Phi) is 2.19. The van der Waals surface area contributed by atoms with E-state index in [1.807, 2.05) is 0 Å². The maximum Gasteiger partial charge on any atom is 0.335 e. The smallest absolute Gasteiger partial charge is 0.335 e. The van der Waals surface area contributed by atoms with Crippen LogP contribution in [0.4, 0.5) is 5.69 Å². The molecular weight excluding hydrogens is 158 g/mol. The zero-order chi connectivity index (χ0) is 9.14. The Morgan fingerprint density at radius 2 is 2.08 bits per heavy atom. The van der Waals surface area contributed by atoms with Crippen LogP contribution in [0.5, 0.6) is 0 Å². The maximum atomic E-state index is 10.5. The molecule has 0 aliphatic carbocycles. The van der Waals surface area contributed by atoms with E-state index in [-0.39, 0.29) is 11.3 Å². The first-order valence-electron chi connectivity index (χ1n) is 3.32. The summed E-state index contributed by atoms with van der Waals surface area (Å²) in [6.45, 7) is 1.71. The number of hydrogen-bond acceptors (Lipinski definition) is 3. The molecule has 4 nitrogen and oxygen atoms in total. The minimum atomic E-state index is -1.05. The van der Waals surface area contributed by atoms with Crippen molar-refractivity contribution in [1.29, 1.82) is 0 Å².